The van der Waals surface area contributed by atoms with Crippen molar-refractivity contribution >= 4 is 85.8 Å². The Morgan fingerprint density at radius 2 is 0.575 bits per heavy atom. The van der Waals surface area contributed by atoms with Crippen molar-refractivity contribution in [2.45, 2.75) is 82.3 Å². The van der Waals surface area contributed by atoms with Crippen molar-refractivity contribution < 1.29 is 14.4 Å². The molecule has 6 fully saturated rings. The van der Waals surface area contributed by atoms with Gasteiger partial charge >= 0.3 is 0 Å². The van der Waals surface area contributed by atoms with Crippen LogP contribution in [0.3, 0.4) is 0 Å². The number of carbonyl (C=O) groups excluding carboxylic acids is 3. The second-order valence-electron chi connectivity index (χ2n) is 28.4. The quantitative estimate of drug-likeness (QED) is 0.0466. The third kappa shape index (κ3) is 15.3. The number of carbonyl (C=O) groups is 3. The second kappa shape index (κ2) is 30.9. The molecule has 18 rings (SSSR count). The molecular weight excluding hydrogens is 1330 g/mol. The Morgan fingerprint density at radius 3 is 0.830 bits per heavy atom. The summed E-state index contributed by atoms with van der Waals surface area (Å²) in [7, 11) is 0. The summed E-state index contributed by atoms with van der Waals surface area (Å²) in [4.78, 5) is 63.0. The zero-order valence-electron chi connectivity index (χ0n) is 59.5. The van der Waals surface area contributed by atoms with E-state index in [2.05, 4.69) is 148 Å². The summed E-state index contributed by atoms with van der Waals surface area (Å²) >= 11 is 0. The maximum Gasteiger partial charge on any atom is 0.248 e. The van der Waals surface area contributed by atoms with Crippen LogP contribution in [-0.2, 0) is 0 Å². The fourth-order valence-electron chi connectivity index (χ4n) is 15.5. The van der Waals surface area contributed by atoms with Gasteiger partial charge in [0.2, 0.25) is 17.7 Å². The van der Waals surface area contributed by atoms with Crippen molar-refractivity contribution in [2.75, 3.05) is 109 Å². The summed E-state index contributed by atoms with van der Waals surface area (Å²) in [5.74, 6) is -1.32. The molecule has 106 heavy (non-hydrogen) atoms. The number of hydrogen-bond donors (Lipinski definition) is 6. The van der Waals surface area contributed by atoms with Crippen LogP contribution in [0.25, 0.3) is 50.7 Å². The number of benzene rings is 6. The van der Waals surface area contributed by atoms with Crippen LogP contribution >= 0.6 is 0 Å². The first-order chi connectivity index (χ1) is 52.0. The minimum atomic E-state index is -0.441. The van der Waals surface area contributed by atoms with E-state index in [0.717, 1.165) is 182 Å². The molecule has 0 radical (unpaired) electrons. The summed E-state index contributed by atoms with van der Waals surface area (Å²) in [6, 6.07) is 62.0. The Labute approximate surface area is 615 Å². The van der Waals surface area contributed by atoms with Crippen molar-refractivity contribution in [2.24, 2.45) is 17.2 Å². The second-order valence-corrected chi connectivity index (χ2v) is 28.4. The number of pyridine rings is 3. The summed E-state index contributed by atoms with van der Waals surface area (Å²) in [5.41, 5.74) is 34.6. The topological polar surface area (TPSA) is 275 Å². The molecule has 24 nitrogen and oxygen atoms in total. The molecule has 0 atom stereocenters. The first-order valence-corrected chi connectivity index (χ1v) is 37.2. The van der Waals surface area contributed by atoms with Crippen LogP contribution in [0.2, 0.25) is 0 Å². The Kier molecular flexibility index (Phi) is 20.0. The molecule has 0 unspecified atom stereocenters. The Hall–Kier alpha value is -11.7. The van der Waals surface area contributed by atoms with Gasteiger partial charge in [0.25, 0.3) is 0 Å². The number of nitrogens with zero attached hydrogens (tertiary/aromatic N) is 15. The Balaban J connectivity index is 0.000000122. The third-order valence-corrected chi connectivity index (χ3v) is 21.9. The smallest absolute Gasteiger partial charge is 0.248 e. The zero-order chi connectivity index (χ0) is 72.0. The van der Waals surface area contributed by atoms with Gasteiger partial charge in [-0.15, -0.1) is 0 Å². The van der Waals surface area contributed by atoms with E-state index in [-0.39, 0.29) is 0 Å². The van der Waals surface area contributed by atoms with E-state index < -0.39 is 17.7 Å². The number of amides is 3. The number of nitrogens with two attached hydrogens (primary N) is 3. The predicted octanol–water partition coefficient (Wildman–Crippen LogP) is 12.1. The van der Waals surface area contributed by atoms with Crippen LogP contribution in [0.5, 0.6) is 0 Å². The summed E-state index contributed by atoms with van der Waals surface area (Å²) in [6.07, 6.45) is 18.5. The van der Waals surface area contributed by atoms with Crippen molar-refractivity contribution in [3.63, 3.8) is 0 Å². The SMILES string of the molecule is NC(=O)c1ccc(-c2ccc(Nc3ccc(N4CCN(C5CC5)CC4)cc3)c3ncnn23)cc1.NC(=O)c1ccc(-c2ccc(Nc3ccc(N4CCN(C5CCC5)CC4)cc3)c3ncnn23)cc1.NC(=O)c1ccc(-c2ccc(Nc3ccc(N4CCN(C5CCCCC5)CC4)cc3)c3ncnn23)cc1. The van der Waals surface area contributed by atoms with Gasteiger partial charge in [0.15, 0.2) is 16.9 Å². The van der Waals surface area contributed by atoms with E-state index in [1.165, 1.54) is 81.3 Å². The average Bonchev–Trinajstić information content (AvgIpc) is 1.61. The number of piperazine rings is 3. The molecule has 0 bridgehead atoms. The number of nitrogens with one attached hydrogen (secondary N) is 3. The summed E-state index contributed by atoms with van der Waals surface area (Å²) in [5, 5.41) is 23.8. The Morgan fingerprint density at radius 1 is 0.302 bits per heavy atom. The molecule has 3 amide bonds. The first-order valence-electron chi connectivity index (χ1n) is 37.2. The summed E-state index contributed by atoms with van der Waals surface area (Å²) < 4.78 is 5.41. The fourth-order valence-corrected chi connectivity index (χ4v) is 15.5. The van der Waals surface area contributed by atoms with E-state index in [0.29, 0.717) is 16.7 Å². The van der Waals surface area contributed by atoms with Crippen molar-refractivity contribution in [1.29, 1.82) is 0 Å². The van der Waals surface area contributed by atoms with Crippen LogP contribution in [0.15, 0.2) is 201 Å². The minimum Gasteiger partial charge on any atom is -0.369 e. The van der Waals surface area contributed by atoms with Gasteiger partial charge in [-0.1, -0.05) is 62.1 Å². The molecule has 3 aliphatic heterocycles. The fraction of sp³-hybridized carbons (Fsp3) is 0.305. The molecule has 9 N–H and O–H groups in total. The largest absolute Gasteiger partial charge is 0.369 e. The standard InChI is InChI=1S/C29H33N7O.C27H29N7O.C26H27N7O/c30-28(37)22-8-6-21(7-9-22)27-15-14-26(29-31-20-32-36(27)29)33-23-10-12-25(13-11-23)35-18-16-34(17-19-35)24-4-2-1-3-5-24;28-26(35)20-6-4-19(5-7-20)25-13-12-24(27-29-18-30-34(25)27)31-21-8-10-23(11-9-21)33-16-14-32(15-17-33)22-2-1-3-22;27-25(34)19-3-1-18(2-4-19)24-12-11-23(26-28-17-29-33(24)26)30-20-5-7-21(8-6-20)31-13-15-32(16-14-31)22-9-10-22/h6-15,20,24,33H,1-5,16-19H2,(H2,30,37);4-13,18,22,31H,1-3,14-17H2,(H2,28,35);1-8,11-12,17,22,30H,9-10,13-16H2,(H2,27,34). The lowest BCUT2D eigenvalue weighted by molar-refractivity contribution is 0.0992. The molecule has 540 valence electrons. The van der Waals surface area contributed by atoms with E-state index in [1.54, 1.807) is 64.4 Å². The lowest BCUT2D eigenvalue weighted by atomic mass is 9.91. The molecule has 9 heterocycles. The molecule has 6 aromatic carbocycles. The van der Waals surface area contributed by atoms with Crippen LogP contribution in [0.4, 0.5) is 51.2 Å². The highest BCUT2D eigenvalue weighted by Gasteiger charge is 2.32. The van der Waals surface area contributed by atoms with E-state index in [1.807, 2.05) is 77.3 Å². The monoisotopic (exact) mass is 1420 g/mol. The van der Waals surface area contributed by atoms with E-state index in [4.69, 9.17) is 17.2 Å². The summed E-state index contributed by atoms with van der Waals surface area (Å²) in [6.45, 7) is 13.5. The van der Waals surface area contributed by atoms with Gasteiger partial charge in [0.1, 0.15) is 19.0 Å². The zero-order valence-corrected chi connectivity index (χ0v) is 59.5. The molecule has 6 aliphatic rings. The molecule has 6 aromatic heterocycles. The van der Waals surface area contributed by atoms with Crippen molar-refractivity contribution in [3.05, 3.63) is 218 Å². The maximum absolute atomic E-state index is 11.4. The van der Waals surface area contributed by atoms with Crippen molar-refractivity contribution in [1.82, 2.24) is 58.5 Å². The third-order valence-electron chi connectivity index (χ3n) is 21.9. The van der Waals surface area contributed by atoms with E-state index >= 15 is 0 Å². The minimum absolute atomic E-state index is 0.440. The van der Waals surface area contributed by atoms with Gasteiger partial charge < -0.3 is 47.9 Å². The van der Waals surface area contributed by atoms with Gasteiger partial charge in [-0.3, -0.25) is 29.1 Å². The first kappa shape index (κ1) is 68.7. The number of fused-ring (bicyclic) bond motifs is 3. The number of rotatable bonds is 18. The van der Waals surface area contributed by atoms with Crippen LogP contribution in [0, 0.1) is 0 Å². The molecule has 12 aromatic rings. The molecule has 3 saturated carbocycles. The van der Waals surface area contributed by atoms with E-state index in [9.17, 15) is 14.4 Å². The normalized spacial score (nSPS) is 16.9. The van der Waals surface area contributed by atoms with Gasteiger partial charge in [0, 0.05) is 164 Å². The van der Waals surface area contributed by atoms with Crippen LogP contribution < -0.4 is 47.9 Å². The molecule has 3 saturated heterocycles. The highest BCUT2D eigenvalue weighted by Crippen LogP contribution is 2.35. The van der Waals surface area contributed by atoms with Crippen LogP contribution in [0.1, 0.15) is 95.3 Å². The highest BCUT2D eigenvalue weighted by molar-refractivity contribution is 5.95. The predicted molar refractivity (Wildman–Crippen MR) is 419 cm³/mol. The number of aromatic nitrogens is 9. The Bertz CT molecular complexity index is 5020. The van der Waals surface area contributed by atoms with Crippen LogP contribution in [-0.4, -0.2) is 173 Å². The van der Waals surface area contributed by atoms with Gasteiger partial charge in [0.05, 0.1) is 34.1 Å². The number of anilines is 9. The van der Waals surface area contributed by atoms with Gasteiger partial charge in [-0.05, 0) is 184 Å². The molecule has 0 spiro atoms. The number of primary amides is 3. The van der Waals surface area contributed by atoms with Crippen molar-refractivity contribution in [3.8, 4) is 33.8 Å². The molecule has 24 heteroatoms. The lowest BCUT2D eigenvalue weighted by Crippen LogP contribution is -2.52. The molecule has 3 aliphatic carbocycles. The lowest BCUT2D eigenvalue weighted by Gasteiger charge is -2.43. The highest BCUT2D eigenvalue weighted by atomic mass is 16.2. The average molecular weight is 1420 g/mol. The van der Waals surface area contributed by atoms with Gasteiger partial charge in [-0.2, -0.15) is 15.3 Å². The molecular formula is C82H89N21O3. The number of hydrogen-bond acceptors (Lipinski definition) is 18. The maximum atomic E-state index is 11.4. The van der Waals surface area contributed by atoms with Gasteiger partial charge in [-0.25, -0.2) is 28.5 Å².